The van der Waals surface area contributed by atoms with Crippen molar-refractivity contribution >= 4 is 34.4 Å². The maximum Gasteiger partial charge on any atom is 0.216 e. The summed E-state index contributed by atoms with van der Waals surface area (Å²) in [7, 11) is 1.45. The van der Waals surface area contributed by atoms with E-state index in [4.69, 9.17) is 17.0 Å². The van der Waals surface area contributed by atoms with Gasteiger partial charge in [-0.05, 0) is 58.0 Å². The highest BCUT2D eigenvalue weighted by Gasteiger charge is 2.12. The Hall–Kier alpha value is -2.52. The molecule has 0 radical (unpaired) electrons. The van der Waals surface area contributed by atoms with Gasteiger partial charge in [0.1, 0.15) is 5.82 Å². The van der Waals surface area contributed by atoms with Crippen LogP contribution in [-0.4, -0.2) is 33.3 Å². The summed E-state index contributed by atoms with van der Waals surface area (Å²) in [5.74, 6) is 0.110. The van der Waals surface area contributed by atoms with Crippen LogP contribution in [0.4, 0.5) is 4.39 Å². The molecule has 1 heterocycles. The number of nitrogens with zero attached hydrogens (tertiary/aromatic N) is 3. The zero-order valence-electron chi connectivity index (χ0n) is 12.9. The topological polar surface area (TPSA) is 75.4 Å². The van der Waals surface area contributed by atoms with Crippen molar-refractivity contribution in [3.05, 3.63) is 57.0 Å². The summed E-state index contributed by atoms with van der Waals surface area (Å²) >= 11 is 8.41. The maximum absolute atomic E-state index is 14.0. The molecule has 0 aliphatic heterocycles. The highest BCUT2D eigenvalue weighted by molar-refractivity contribution is 9.10. The number of halogens is 2. The number of aromatic hydroxyl groups is 1. The van der Waals surface area contributed by atoms with E-state index in [2.05, 4.69) is 31.2 Å². The van der Waals surface area contributed by atoms with Gasteiger partial charge in [0.2, 0.25) is 4.77 Å². The van der Waals surface area contributed by atoms with Crippen molar-refractivity contribution < 1.29 is 14.2 Å². The summed E-state index contributed by atoms with van der Waals surface area (Å²) in [6.45, 7) is 0. The number of phenolic OH excluding ortho intramolecular Hbond substituents is 1. The van der Waals surface area contributed by atoms with Crippen molar-refractivity contribution in [1.82, 2.24) is 14.9 Å². The summed E-state index contributed by atoms with van der Waals surface area (Å²) in [6.07, 6.45) is 1.50. The van der Waals surface area contributed by atoms with Crippen LogP contribution in [0, 0.1) is 10.6 Å². The lowest BCUT2D eigenvalue weighted by Gasteiger charge is -2.06. The Balaban J connectivity index is 2.04. The summed E-state index contributed by atoms with van der Waals surface area (Å²) in [5, 5.41) is 20.8. The lowest BCUT2D eigenvalue weighted by molar-refractivity contribution is 0.372. The summed E-state index contributed by atoms with van der Waals surface area (Å²) in [4.78, 5) is 0. The SMILES string of the molecule is COc1cc(/C=N\n2c(-c3ccccc3F)n[nH]c2=S)cc(Br)c1O. The minimum Gasteiger partial charge on any atom is -0.503 e. The molecule has 0 saturated carbocycles. The Morgan fingerprint density at radius 3 is 2.88 bits per heavy atom. The van der Waals surface area contributed by atoms with E-state index in [0.717, 1.165) is 0 Å². The molecule has 9 heteroatoms. The van der Waals surface area contributed by atoms with Gasteiger partial charge in [0, 0.05) is 0 Å². The van der Waals surface area contributed by atoms with E-state index in [1.807, 2.05) is 0 Å². The molecule has 0 bridgehead atoms. The molecule has 2 aromatic carbocycles. The lowest BCUT2D eigenvalue weighted by atomic mass is 10.2. The number of methoxy groups -OCH3 is 1. The third kappa shape index (κ3) is 3.47. The molecular formula is C16H12BrFN4O2S. The van der Waals surface area contributed by atoms with Crippen molar-refractivity contribution in [2.45, 2.75) is 0 Å². The standard InChI is InChI=1S/C16H12BrFN4O2S/c1-24-13-7-9(6-11(17)14(13)23)8-19-22-15(20-21-16(22)25)10-4-2-3-5-12(10)18/h2-8,23H,1H3,(H,21,25)/b19-8-. The molecule has 3 rings (SSSR count). The van der Waals surface area contributed by atoms with Crippen LogP contribution in [0.15, 0.2) is 46.0 Å². The first-order valence-corrected chi connectivity index (χ1v) is 8.24. The first-order valence-electron chi connectivity index (χ1n) is 7.04. The van der Waals surface area contributed by atoms with Gasteiger partial charge in [-0.1, -0.05) is 12.1 Å². The van der Waals surface area contributed by atoms with Gasteiger partial charge >= 0.3 is 0 Å². The average molecular weight is 423 g/mol. The molecule has 128 valence electrons. The van der Waals surface area contributed by atoms with Crippen LogP contribution in [0.25, 0.3) is 11.4 Å². The van der Waals surface area contributed by atoms with Gasteiger partial charge in [-0.3, -0.25) is 0 Å². The van der Waals surface area contributed by atoms with Crippen LogP contribution in [0.5, 0.6) is 11.5 Å². The number of benzene rings is 2. The fraction of sp³-hybridized carbons (Fsp3) is 0.0625. The fourth-order valence-corrected chi connectivity index (χ4v) is 2.80. The predicted molar refractivity (Wildman–Crippen MR) is 98.2 cm³/mol. The van der Waals surface area contributed by atoms with Crippen molar-refractivity contribution in [1.29, 1.82) is 0 Å². The zero-order chi connectivity index (χ0) is 18.0. The van der Waals surface area contributed by atoms with Gasteiger partial charge in [0.05, 0.1) is 23.4 Å². The second kappa shape index (κ2) is 7.16. The number of rotatable bonds is 4. The second-order valence-electron chi connectivity index (χ2n) is 4.94. The van der Waals surface area contributed by atoms with Crippen LogP contribution in [0.2, 0.25) is 0 Å². The third-order valence-electron chi connectivity index (χ3n) is 3.36. The molecule has 0 aliphatic carbocycles. The van der Waals surface area contributed by atoms with E-state index < -0.39 is 5.82 Å². The summed E-state index contributed by atoms with van der Waals surface area (Å²) < 4.78 is 21.1. The van der Waals surface area contributed by atoms with Crippen LogP contribution in [0.3, 0.4) is 0 Å². The van der Waals surface area contributed by atoms with Crippen molar-refractivity contribution in [3.8, 4) is 22.9 Å². The Labute approximate surface area is 155 Å². The number of hydrogen-bond acceptors (Lipinski definition) is 5. The number of phenols is 1. The number of H-pyrrole nitrogens is 1. The van der Waals surface area contributed by atoms with Gasteiger partial charge in [-0.25, -0.2) is 9.49 Å². The molecule has 0 spiro atoms. The predicted octanol–water partition coefficient (Wildman–Crippen LogP) is 4.11. The molecule has 0 amide bonds. The summed E-state index contributed by atoms with van der Waals surface area (Å²) in [6, 6.07) is 9.49. The fourth-order valence-electron chi connectivity index (χ4n) is 2.16. The Morgan fingerprint density at radius 2 is 2.16 bits per heavy atom. The van der Waals surface area contributed by atoms with E-state index >= 15 is 0 Å². The van der Waals surface area contributed by atoms with Crippen LogP contribution < -0.4 is 4.74 Å². The number of aromatic nitrogens is 3. The van der Waals surface area contributed by atoms with Crippen LogP contribution in [-0.2, 0) is 0 Å². The van der Waals surface area contributed by atoms with E-state index in [-0.39, 0.29) is 21.9 Å². The highest BCUT2D eigenvalue weighted by atomic mass is 79.9. The van der Waals surface area contributed by atoms with Gasteiger partial charge in [-0.2, -0.15) is 14.9 Å². The normalized spacial score (nSPS) is 11.2. The second-order valence-corrected chi connectivity index (χ2v) is 6.18. The molecule has 0 fully saturated rings. The molecule has 0 saturated heterocycles. The van der Waals surface area contributed by atoms with Crippen molar-refractivity contribution in [2.24, 2.45) is 5.10 Å². The van der Waals surface area contributed by atoms with E-state index in [1.54, 1.807) is 30.3 Å². The monoisotopic (exact) mass is 422 g/mol. The summed E-state index contributed by atoms with van der Waals surface area (Å²) in [5.41, 5.74) is 0.917. The van der Waals surface area contributed by atoms with E-state index in [1.165, 1.54) is 24.1 Å². The number of ether oxygens (including phenoxy) is 1. The van der Waals surface area contributed by atoms with Crippen molar-refractivity contribution in [3.63, 3.8) is 0 Å². The van der Waals surface area contributed by atoms with Gasteiger partial charge in [-0.15, -0.1) is 0 Å². The molecule has 2 N–H and O–H groups in total. The zero-order valence-corrected chi connectivity index (χ0v) is 15.3. The molecule has 0 unspecified atom stereocenters. The van der Waals surface area contributed by atoms with E-state index in [0.29, 0.717) is 15.8 Å². The third-order valence-corrected chi connectivity index (χ3v) is 4.23. The molecular weight excluding hydrogens is 411 g/mol. The first-order chi connectivity index (χ1) is 12.0. The average Bonchev–Trinajstić information content (AvgIpc) is 2.96. The highest BCUT2D eigenvalue weighted by Crippen LogP contribution is 2.34. The Kier molecular flexibility index (Phi) is 4.95. The number of nitrogens with one attached hydrogen (secondary N) is 1. The Morgan fingerprint density at radius 1 is 1.40 bits per heavy atom. The minimum absolute atomic E-state index is 0.00776. The molecule has 6 nitrogen and oxygen atoms in total. The minimum atomic E-state index is -0.429. The van der Waals surface area contributed by atoms with Crippen LogP contribution >= 0.6 is 28.1 Å². The number of hydrogen-bond donors (Lipinski definition) is 2. The van der Waals surface area contributed by atoms with E-state index in [9.17, 15) is 9.50 Å². The van der Waals surface area contributed by atoms with Crippen molar-refractivity contribution in [2.75, 3.05) is 7.11 Å². The smallest absolute Gasteiger partial charge is 0.216 e. The quantitative estimate of drug-likeness (QED) is 0.490. The molecule has 0 atom stereocenters. The maximum atomic E-state index is 14.0. The molecule has 3 aromatic rings. The Bertz CT molecular complexity index is 1020. The molecule has 25 heavy (non-hydrogen) atoms. The lowest BCUT2D eigenvalue weighted by Crippen LogP contribution is -1.97. The number of aromatic amines is 1. The van der Waals surface area contributed by atoms with Gasteiger partial charge in [0.25, 0.3) is 0 Å². The van der Waals surface area contributed by atoms with Crippen LogP contribution in [0.1, 0.15) is 5.56 Å². The first kappa shape index (κ1) is 17.3. The van der Waals surface area contributed by atoms with Gasteiger partial charge in [0.15, 0.2) is 17.3 Å². The van der Waals surface area contributed by atoms with Gasteiger partial charge < -0.3 is 9.84 Å². The molecule has 1 aromatic heterocycles. The molecule has 0 aliphatic rings. The largest absolute Gasteiger partial charge is 0.503 e.